The first-order valence-electron chi connectivity index (χ1n) is 6.40. The summed E-state index contributed by atoms with van der Waals surface area (Å²) in [4.78, 5) is 24.4. The van der Waals surface area contributed by atoms with Crippen LogP contribution in [0.25, 0.3) is 0 Å². The van der Waals surface area contributed by atoms with Gasteiger partial charge in [0, 0.05) is 29.7 Å². The number of urea groups is 1. The third-order valence-corrected chi connectivity index (χ3v) is 3.54. The maximum absolute atomic E-state index is 12.7. The van der Waals surface area contributed by atoms with Gasteiger partial charge in [0.15, 0.2) is 0 Å². The van der Waals surface area contributed by atoms with Crippen molar-refractivity contribution in [2.45, 2.75) is 18.6 Å². The quantitative estimate of drug-likeness (QED) is 0.869. The topological polar surface area (TPSA) is 75.4 Å². The highest BCUT2D eigenvalue weighted by Crippen LogP contribution is 2.31. The smallest absolute Gasteiger partial charge is 0.351 e. The molecule has 1 saturated heterocycles. The van der Waals surface area contributed by atoms with E-state index in [4.69, 9.17) is 17.3 Å². The van der Waals surface area contributed by atoms with Gasteiger partial charge in [0.05, 0.1) is 5.56 Å². The standard InChI is InChI=1S/C13H13ClF3N3O2/c14-9-4-7(3-8(5-9)13(15,16)17)11(21)19-10-1-2-20(6-10)12(18)22/h3-5,10H,1-2,6H2,(H2,18,22)(H,19,21). The van der Waals surface area contributed by atoms with E-state index in [2.05, 4.69) is 5.32 Å². The lowest BCUT2D eigenvalue weighted by Crippen LogP contribution is -2.40. The molecule has 0 radical (unpaired) electrons. The van der Waals surface area contributed by atoms with E-state index in [0.29, 0.717) is 13.0 Å². The highest BCUT2D eigenvalue weighted by atomic mass is 35.5. The molecule has 9 heteroatoms. The lowest BCUT2D eigenvalue weighted by atomic mass is 10.1. The Morgan fingerprint density at radius 1 is 1.32 bits per heavy atom. The van der Waals surface area contributed by atoms with Gasteiger partial charge in [-0.3, -0.25) is 4.79 Å². The van der Waals surface area contributed by atoms with Crippen LogP contribution < -0.4 is 11.1 Å². The Bertz CT molecular complexity index is 607. The molecule has 1 aliphatic rings. The Morgan fingerprint density at radius 3 is 2.55 bits per heavy atom. The van der Waals surface area contributed by atoms with Crippen molar-refractivity contribution in [1.29, 1.82) is 0 Å². The second-order valence-electron chi connectivity index (χ2n) is 4.97. The van der Waals surface area contributed by atoms with Crippen LogP contribution >= 0.6 is 11.6 Å². The van der Waals surface area contributed by atoms with E-state index in [1.807, 2.05) is 0 Å². The SMILES string of the molecule is NC(=O)N1CCC(NC(=O)c2cc(Cl)cc(C(F)(F)F)c2)C1. The van der Waals surface area contributed by atoms with Crippen LogP contribution in [0.2, 0.25) is 5.02 Å². The number of benzene rings is 1. The van der Waals surface area contributed by atoms with E-state index in [1.165, 1.54) is 4.90 Å². The molecule has 1 aromatic carbocycles. The van der Waals surface area contributed by atoms with E-state index in [1.54, 1.807) is 0 Å². The van der Waals surface area contributed by atoms with E-state index in [9.17, 15) is 22.8 Å². The molecule has 3 N–H and O–H groups in total. The van der Waals surface area contributed by atoms with Crippen LogP contribution in [-0.4, -0.2) is 36.0 Å². The fraction of sp³-hybridized carbons (Fsp3) is 0.385. The number of alkyl halides is 3. The van der Waals surface area contributed by atoms with Crippen LogP contribution in [0.5, 0.6) is 0 Å². The monoisotopic (exact) mass is 335 g/mol. The van der Waals surface area contributed by atoms with Gasteiger partial charge in [-0.25, -0.2) is 4.79 Å². The van der Waals surface area contributed by atoms with Crippen LogP contribution in [0.3, 0.4) is 0 Å². The highest BCUT2D eigenvalue weighted by molar-refractivity contribution is 6.31. The Morgan fingerprint density at radius 2 is 2.00 bits per heavy atom. The third kappa shape index (κ3) is 3.82. The maximum atomic E-state index is 12.7. The molecule has 1 aliphatic heterocycles. The van der Waals surface area contributed by atoms with Crippen molar-refractivity contribution in [3.8, 4) is 0 Å². The highest BCUT2D eigenvalue weighted by Gasteiger charge is 2.32. The molecule has 1 atom stereocenters. The van der Waals surface area contributed by atoms with Crippen molar-refractivity contribution in [2.24, 2.45) is 5.73 Å². The summed E-state index contributed by atoms with van der Waals surface area (Å²) in [6, 6.07) is 1.70. The van der Waals surface area contributed by atoms with Gasteiger partial charge in [-0.1, -0.05) is 11.6 Å². The number of carbonyl (C=O) groups is 2. The number of nitrogens with two attached hydrogens (primary N) is 1. The van der Waals surface area contributed by atoms with Crippen molar-refractivity contribution >= 4 is 23.5 Å². The van der Waals surface area contributed by atoms with Crippen LogP contribution in [-0.2, 0) is 6.18 Å². The molecule has 1 aromatic rings. The van der Waals surface area contributed by atoms with Gasteiger partial charge in [-0.15, -0.1) is 0 Å². The molecule has 120 valence electrons. The number of carbonyl (C=O) groups excluding carboxylic acids is 2. The predicted molar refractivity (Wildman–Crippen MR) is 73.5 cm³/mol. The number of rotatable bonds is 2. The van der Waals surface area contributed by atoms with Crippen LogP contribution in [0.4, 0.5) is 18.0 Å². The van der Waals surface area contributed by atoms with E-state index < -0.39 is 23.7 Å². The van der Waals surface area contributed by atoms with E-state index >= 15 is 0 Å². The first-order chi connectivity index (χ1) is 10.2. The Kier molecular flexibility index (Phi) is 4.50. The molecule has 0 saturated carbocycles. The van der Waals surface area contributed by atoms with Crippen molar-refractivity contribution in [3.05, 3.63) is 34.3 Å². The van der Waals surface area contributed by atoms with Gasteiger partial charge in [0.25, 0.3) is 5.91 Å². The number of nitrogens with one attached hydrogen (secondary N) is 1. The van der Waals surface area contributed by atoms with E-state index in [-0.39, 0.29) is 23.2 Å². The minimum Gasteiger partial charge on any atom is -0.351 e. The third-order valence-electron chi connectivity index (χ3n) is 3.32. The Hall–Kier alpha value is -1.96. The van der Waals surface area contributed by atoms with Crippen LogP contribution in [0.1, 0.15) is 22.3 Å². The molecule has 0 spiro atoms. The summed E-state index contributed by atoms with van der Waals surface area (Å²) in [7, 11) is 0. The molecule has 0 aliphatic carbocycles. The summed E-state index contributed by atoms with van der Waals surface area (Å²) >= 11 is 5.63. The number of primary amides is 1. The summed E-state index contributed by atoms with van der Waals surface area (Å²) < 4.78 is 38.1. The normalized spacial score (nSPS) is 18.4. The first-order valence-corrected chi connectivity index (χ1v) is 6.77. The number of hydrogen-bond donors (Lipinski definition) is 2. The van der Waals surface area contributed by atoms with Gasteiger partial charge in [0.2, 0.25) is 0 Å². The molecule has 0 bridgehead atoms. The van der Waals surface area contributed by atoms with Crippen molar-refractivity contribution in [3.63, 3.8) is 0 Å². The average molecular weight is 336 g/mol. The molecule has 1 fully saturated rings. The van der Waals surface area contributed by atoms with Crippen molar-refractivity contribution in [2.75, 3.05) is 13.1 Å². The Balaban J connectivity index is 2.10. The van der Waals surface area contributed by atoms with Gasteiger partial charge in [-0.2, -0.15) is 13.2 Å². The van der Waals surface area contributed by atoms with E-state index in [0.717, 1.165) is 18.2 Å². The lowest BCUT2D eigenvalue weighted by Gasteiger charge is -2.15. The molecular formula is C13H13ClF3N3O2. The fourth-order valence-corrected chi connectivity index (χ4v) is 2.47. The van der Waals surface area contributed by atoms with Crippen molar-refractivity contribution < 1.29 is 22.8 Å². The minimum absolute atomic E-state index is 0.176. The fourth-order valence-electron chi connectivity index (χ4n) is 2.23. The summed E-state index contributed by atoms with van der Waals surface area (Å²) in [6.45, 7) is 0.622. The molecule has 5 nitrogen and oxygen atoms in total. The molecule has 1 heterocycles. The molecular weight excluding hydrogens is 323 g/mol. The number of amides is 3. The largest absolute Gasteiger partial charge is 0.416 e. The van der Waals surface area contributed by atoms with Crippen molar-refractivity contribution in [1.82, 2.24) is 10.2 Å². The average Bonchev–Trinajstić information content (AvgIpc) is 2.85. The van der Waals surface area contributed by atoms with Gasteiger partial charge in [0.1, 0.15) is 0 Å². The zero-order valence-electron chi connectivity index (χ0n) is 11.3. The number of hydrogen-bond acceptors (Lipinski definition) is 2. The summed E-state index contributed by atoms with van der Waals surface area (Å²) in [5.41, 5.74) is 3.95. The van der Waals surface area contributed by atoms with Crippen LogP contribution in [0, 0.1) is 0 Å². The van der Waals surface area contributed by atoms with Gasteiger partial charge < -0.3 is 16.0 Å². The second-order valence-corrected chi connectivity index (χ2v) is 5.41. The van der Waals surface area contributed by atoms with Crippen LogP contribution in [0.15, 0.2) is 18.2 Å². The molecule has 0 aromatic heterocycles. The van der Waals surface area contributed by atoms with Gasteiger partial charge in [-0.05, 0) is 24.6 Å². The number of halogens is 4. The summed E-state index contributed by atoms with van der Waals surface area (Å²) in [6.07, 6.45) is -4.10. The lowest BCUT2D eigenvalue weighted by molar-refractivity contribution is -0.137. The molecule has 3 amide bonds. The molecule has 1 unspecified atom stereocenters. The second kappa shape index (κ2) is 6.04. The van der Waals surface area contributed by atoms with Gasteiger partial charge >= 0.3 is 12.2 Å². The molecule has 22 heavy (non-hydrogen) atoms. The first kappa shape index (κ1) is 16.4. The predicted octanol–water partition coefficient (Wildman–Crippen LogP) is 2.24. The number of likely N-dealkylation sites (tertiary alicyclic amines) is 1. The summed E-state index contributed by atoms with van der Waals surface area (Å²) in [5.74, 6) is -0.677. The number of nitrogens with zero attached hydrogens (tertiary/aromatic N) is 1. The maximum Gasteiger partial charge on any atom is 0.416 e. The minimum atomic E-state index is -4.59. The zero-order chi connectivity index (χ0) is 16.5. The Labute approximate surface area is 129 Å². The zero-order valence-corrected chi connectivity index (χ0v) is 12.0. The molecule has 2 rings (SSSR count). The summed E-state index contributed by atoms with van der Waals surface area (Å²) in [5, 5.41) is 2.40.